The summed E-state index contributed by atoms with van der Waals surface area (Å²) in [7, 11) is -3.65. The zero-order valence-electron chi connectivity index (χ0n) is 12.8. The SMILES string of the molecule is O=S(=O)(/C(=C\c1cccc(Cl)c1)c1ccccc1)c1ccccc1. The molecule has 0 saturated heterocycles. The van der Waals surface area contributed by atoms with Crippen molar-refractivity contribution < 1.29 is 8.42 Å². The first kappa shape index (κ1) is 16.5. The molecule has 4 heteroatoms. The van der Waals surface area contributed by atoms with Gasteiger partial charge in [0, 0.05) is 5.02 Å². The lowest BCUT2D eigenvalue weighted by molar-refractivity contribution is 0.606. The Balaban J connectivity index is 2.20. The minimum Gasteiger partial charge on any atom is -0.218 e. The molecule has 0 aromatic heterocycles. The molecule has 0 spiro atoms. The van der Waals surface area contributed by atoms with E-state index in [4.69, 9.17) is 11.6 Å². The Bertz CT molecular complexity index is 963. The van der Waals surface area contributed by atoms with Crippen LogP contribution in [0.2, 0.25) is 5.02 Å². The monoisotopic (exact) mass is 354 g/mol. The summed E-state index contributed by atoms with van der Waals surface area (Å²) in [5.41, 5.74) is 1.38. The minimum atomic E-state index is -3.65. The fourth-order valence-electron chi connectivity index (χ4n) is 2.39. The fourth-order valence-corrected chi connectivity index (χ4v) is 4.10. The molecule has 24 heavy (non-hydrogen) atoms. The van der Waals surface area contributed by atoms with Crippen molar-refractivity contribution in [1.82, 2.24) is 0 Å². The third-order valence-corrected chi connectivity index (χ3v) is 5.61. The Morgan fingerprint density at radius 3 is 2.04 bits per heavy atom. The van der Waals surface area contributed by atoms with Crippen LogP contribution < -0.4 is 0 Å². The van der Waals surface area contributed by atoms with E-state index in [1.165, 1.54) is 0 Å². The van der Waals surface area contributed by atoms with Crippen LogP contribution in [0.1, 0.15) is 11.1 Å². The topological polar surface area (TPSA) is 34.1 Å². The lowest BCUT2D eigenvalue weighted by Gasteiger charge is -2.10. The summed E-state index contributed by atoms with van der Waals surface area (Å²) in [6.07, 6.45) is 1.66. The summed E-state index contributed by atoms with van der Waals surface area (Å²) < 4.78 is 26.2. The van der Waals surface area contributed by atoms with E-state index in [0.717, 1.165) is 5.56 Å². The molecule has 0 amide bonds. The van der Waals surface area contributed by atoms with Crippen molar-refractivity contribution in [2.75, 3.05) is 0 Å². The Morgan fingerprint density at radius 1 is 0.792 bits per heavy atom. The first-order chi connectivity index (χ1) is 11.6. The van der Waals surface area contributed by atoms with Crippen molar-refractivity contribution in [3.05, 3.63) is 101 Å². The predicted molar refractivity (Wildman–Crippen MR) is 99.4 cm³/mol. The maximum atomic E-state index is 13.1. The summed E-state index contributed by atoms with van der Waals surface area (Å²) in [4.78, 5) is 0.513. The van der Waals surface area contributed by atoms with E-state index in [9.17, 15) is 8.42 Å². The van der Waals surface area contributed by atoms with Gasteiger partial charge in [0.05, 0.1) is 9.80 Å². The van der Waals surface area contributed by atoms with Crippen molar-refractivity contribution >= 4 is 32.4 Å². The molecule has 0 atom stereocenters. The van der Waals surface area contributed by atoms with Crippen LogP contribution in [0.4, 0.5) is 0 Å². The lowest BCUT2D eigenvalue weighted by atomic mass is 10.1. The predicted octanol–water partition coefficient (Wildman–Crippen LogP) is 5.31. The zero-order valence-corrected chi connectivity index (χ0v) is 14.3. The highest BCUT2D eigenvalue weighted by atomic mass is 35.5. The quantitative estimate of drug-likeness (QED) is 0.595. The van der Waals surface area contributed by atoms with Crippen LogP contribution in [0.5, 0.6) is 0 Å². The van der Waals surface area contributed by atoms with Gasteiger partial charge in [0.2, 0.25) is 9.84 Å². The van der Waals surface area contributed by atoms with Gasteiger partial charge in [-0.2, -0.15) is 0 Å². The van der Waals surface area contributed by atoms with Gasteiger partial charge in [-0.15, -0.1) is 0 Å². The molecule has 0 aliphatic carbocycles. The van der Waals surface area contributed by atoms with Crippen molar-refractivity contribution in [2.45, 2.75) is 4.90 Å². The molecule has 0 radical (unpaired) electrons. The third kappa shape index (κ3) is 3.58. The summed E-state index contributed by atoms with van der Waals surface area (Å²) in [6, 6.07) is 24.6. The summed E-state index contributed by atoms with van der Waals surface area (Å²) in [5.74, 6) is 0. The molecule has 0 aliphatic heterocycles. The van der Waals surface area contributed by atoms with Gasteiger partial charge in [0.1, 0.15) is 0 Å². The van der Waals surface area contributed by atoms with Crippen molar-refractivity contribution in [3.8, 4) is 0 Å². The average Bonchev–Trinajstić information content (AvgIpc) is 2.61. The van der Waals surface area contributed by atoms with E-state index < -0.39 is 9.84 Å². The summed E-state index contributed by atoms with van der Waals surface area (Å²) in [5, 5.41) is 0.563. The Kier molecular flexibility index (Phi) is 4.84. The molecule has 3 aromatic rings. The molecule has 120 valence electrons. The van der Waals surface area contributed by atoms with Crippen molar-refractivity contribution in [3.63, 3.8) is 0 Å². The molecule has 3 rings (SSSR count). The van der Waals surface area contributed by atoms with Crippen molar-refractivity contribution in [2.24, 2.45) is 0 Å². The molecule has 0 saturated carbocycles. The molecule has 0 N–H and O–H groups in total. The number of benzene rings is 3. The molecule has 0 fully saturated rings. The van der Waals surface area contributed by atoms with Gasteiger partial charge in [-0.25, -0.2) is 8.42 Å². The molecule has 0 heterocycles. The average molecular weight is 355 g/mol. The highest BCUT2D eigenvalue weighted by molar-refractivity contribution is 8.00. The van der Waals surface area contributed by atoms with Crippen LogP contribution >= 0.6 is 11.6 Å². The normalized spacial score (nSPS) is 12.1. The molecule has 0 unspecified atom stereocenters. The molecule has 3 aromatic carbocycles. The highest BCUT2D eigenvalue weighted by Gasteiger charge is 2.22. The van der Waals surface area contributed by atoms with Crippen LogP contribution in [-0.4, -0.2) is 8.42 Å². The van der Waals surface area contributed by atoms with Gasteiger partial charge in [-0.1, -0.05) is 72.3 Å². The first-order valence-electron chi connectivity index (χ1n) is 7.40. The summed E-state index contributed by atoms with van der Waals surface area (Å²) >= 11 is 6.03. The zero-order chi connectivity index (χ0) is 17.0. The van der Waals surface area contributed by atoms with Crippen LogP contribution in [0, 0.1) is 0 Å². The van der Waals surface area contributed by atoms with Gasteiger partial charge >= 0.3 is 0 Å². The Hall–Kier alpha value is -2.36. The maximum absolute atomic E-state index is 13.1. The smallest absolute Gasteiger partial charge is 0.207 e. The van der Waals surface area contributed by atoms with E-state index in [1.807, 2.05) is 24.3 Å². The van der Waals surface area contributed by atoms with Crippen LogP contribution in [0.25, 0.3) is 11.0 Å². The Morgan fingerprint density at radius 2 is 1.42 bits per heavy atom. The number of sulfone groups is 1. The molecule has 2 nitrogen and oxygen atoms in total. The molecule has 0 aliphatic rings. The van der Waals surface area contributed by atoms with Crippen molar-refractivity contribution in [1.29, 1.82) is 0 Å². The van der Waals surface area contributed by atoms with E-state index in [2.05, 4.69) is 0 Å². The standard InChI is InChI=1S/C20H15ClO2S/c21-18-11-7-8-16(14-18)15-20(17-9-3-1-4-10-17)24(22,23)19-12-5-2-6-13-19/h1-15H/b20-15-. The first-order valence-corrected chi connectivity index (χ1v) is 9.26. The number of hydrogen-bond donors (Lipinski definition) is 0. The second-order valence-corrected chi connectivity index (χ2v) is 7.60. The van der Waals surface area contributed by atoms with Crippen LogP contribution in [-0.2, 0) is 9.84 Å². The second-order valence-electron chi connectivity index (χ2n) is 5.25. The third-order valence-electron chi connectivity index (χ3n) is 3.55. The van der Waals surface area contributed by atoms with Gasteiger partial charge in [-0.05, 0) is 41.5 Å². The second kappa shape index (κ2) is 7.04. The highest BCUT2D eigenvalue weighted by Crippen LogP contribution is 2.30. The van der Waals surface area contributed by atoms with E-state index >= 15 is 0 Å². The van der Waals surface area contributed by atoms with Gasteiger partial charge in [0.25, 0.3) is 0 Å². The van der Waals surface area contributed by atoms with E-state index in [1.54, 1.807) is 66.7 Å². The number of hydrogen-bond acceptors (Lipinski definition) is 2. The number of rotatable bonds is 4. The van der Waals surface area contributed by atoms with Gasteiger partial charge < -0.3 is 0 Å². The van der Waals surface area contributed by atoms with E-state index in [-0.39, 0.29) is 9.80 Å². The van der Waals surface area contributed by atoms with Gasteiger partial charge in [0.15, 0.2) is 0 Å². The Labute approximate surface area is 147 Å². The molecular weight excluding hydrogens is 340 g/mol. The maximum Gasteiger partial charge on any atom is 0.207 e. The minimum absolute atomic E-state index is 0.247. The van der Waals surface area contributed by atoms with Gasteiger partial charge in [-0.3, -0.25) is 0 Å². The molecule has 0 bridgehead atoms. The lowest BCUT2D eigenvalue weighted by Crippen LogP contribution is -2.04. The van der Waals surface area contributed by atoms with E-state index in [0.29, 0.717) is 10.6 Å². The summed E-state index contributed by atoms with van der Waals surface area (Å²) in [6.45, 7) is 0. The van der Waals surface area contributed by atoms with Crippen LogP contribution in [0.15, 0.2) is 89.8 Å². The molecular formula is C20H15ClO2S. The van der Waals surface area contributed by atoms with Crippen LogP contribution in [0.3, 0.4) is 0 Å². The fraction of sp³-hybridized carbons (Fsp3) is 0. The largest absolute Gasteiger partial charge is 0.218 e. The number of halogens is 1.